The molecule has 2 aromatic rings. The van der Waals surface area contributed by atoms with Gasteiger partial charge in [0, 0.05) is 18.8 Å². The van der Waals surface area contributed by atoms with Crippen molar-refractivity contribution < 1.29 is 4.79 Å². The van der Waals surface area contributed by atoms with Gasteiger partial charge in [0.1, 0.15) is 5.82 Å². The van der Waals surface area contributed by atoms with E-state index in [4.69, 9.17) is 17.3 Å². The lowest BCUT2D eigenvalue weighted by molar-refractivity contribution is -0.126. The van der Waals surface area contributed by atoms with E-state index in [1.165, 1.54) is 0 Å². The summed E-state index contributed by atoms with van der Waals surface area (Å²) in [7, 11) is 0. The monoisotopic (exact) mass is 293 g/mol. The lowest BCUT2D eigenvalue weighted by Crippen LogP contribution is -2.35. The van der Waals surface area contributed by atoms with Crippen molar-refractivity contribution in [2.75, 3.05) is 5.88 Å². The van der Waals surface area contributed by atoms with Crippen molar-refractivity contribution >= 4 is 28.5 Å². The Morgan fingerprint density at radius 1 is 1.45 bits per heavy atom. The zero-order valence-electron chi connectivity index (χ0n) is 12.1. The van der Waals surface area contributed by atoms with Crippen LogP contribution in [0.25, 0.3) is 11.0 Å². The Balaban J connectivity index is 2.57. The van der Waals surface area contributed by atoms with E-state index in [9.17, 15) is 4.79 Å². The predicted octanol–water partition coefficient (Wildman–Crippen LogP) is 2.64. The first-order valence-electron chi connectivity index (χ1n) is 6.67. The molecule has 1 amide bonds. The van der Waals surface area contributed by atoms with Gasteiger partial charge in [-0.2, -0.15) is 0 Å². The fraction of sp³-hybridized carbons (Fsp3) is 0.467. The van der Waals surface area contributed by atoms with E-state index >= 15 is 0 Å². The number of imidazole rings is 1. The fourth-order valence-electron chi connectivity index (χ4n) is 2.26. The largest absolute Gasteiger partial charge is 0.369 e. The van der Waals surface area contributed by atoms with E-state index in [2.05, 4.69) is 9.55 Å². The topological polar surface area (TPSA) is 60.9 Å². The Morgan fingerprint density at radius 3 is 2.75 bits per heavy atom. The first kappa shape index (κ1) is 14.9. The number of para-hydroxylation sites is 1. The molecule has 5 heteroatoms. The van der Waals surface area contributed by atoms with E-state index in [0.29, 0.717) is 18.8 Å². The molecule has 1 heterocycles. The summed E-state index contributed by atoms with van der Waals surface area (Å²) in [5.74, 6) is 1.08. The molecule has 0 saturated heterocycles. The van der Waals surface area contributed by atoms with Gasteiger partial charge in [0.25, 0.3) is 0 Å². The van der Waals surface area contributed by atoms with Crippen LogP contribution in [0.1, 0.15) is 25.2 Å². The van der Waals surface area contributed by atoms with Gasteiger partial charge in [-0.1, -0.05) is 12.1 Å². The molecule has 0 saturated carbocycles. The second-order valence-corrected chi connectivity index (χ2v) is 6.12. The van der Waals surface area contributed by atoms with E-state index in [0.717, 1.165) is 22.4 Å². The summed E-state index contributed by atoms with van der Waals surface area (Å²) >= 11 is 5.86. The molecule has 0 aliphatic heterocycles. The molecule has 0 aliphatic rings. The number of carbonyl (C=O) groups excluding carboxylic acids is 1. The zero-order valence-corrected chi connectivity index (χ0v) is 12.9. The van der Waals surface area contributed by atoms with Gasteiger partial charge in [0.05, 0.1) is 16.4 Å². The number of benzene rings is 1. The third kappa shape index (κ3) is 2.66. The van der Waals surface area contributed by atoms with Crippen LogP contribution in [0.3, 0.4) is 0 Å². The number of carbonyl (C=O) groups is 1. The van der Waals surface area contributed by atoms with Gasteiger partial charge in [0.15, 0.2) is 0 Å². The van der Waals surface area contributed by atoms with Gasteiger partial charge >= 0.3 is 0 Å². The minimum Gasteiger partial charge on any atom is -0.369 e. The van der Waals surface area contributed by atoms with Crippen molar-refractivity contribution in [3.05, 3.63) is 29.6 Å². The summed E-state index contributed by atoms with van der Waals surface area (Å²) in [6.07, 6.45) is 0.671. The zero-order chi connectivity index (χ0) is 14.9. The van der Waals surface area contributed by atoms with Gasteiger partial charge in [0.2, 0.25) is 5.91 Å². The maximum atomic E-state index is 11.6. The number of nitrogens with two attached hydrogens (primary N) is 1. The summed E-state index contributed by atoms with van der Waals surface area (Å²) in [6.45, 7) is 6.24. The minimum absolute atomic E-state index is 0.316. The number of halogens is 1. The predicted molar refractivity (Wildman–Crippen MR) is 81.9 cm³/mol. The standard InChI is InChI=1S/C15H20ClN3O/c1-10-5-4-6-11-13(10)18-12(7-8-16)19(11)9-15(2,3)14(17)20/h4-6H,7-9H2,1-3H3,(H2,17,20). The average Bonchev–Trinajstić information content (AvgIpc) is 2.69. The Hall–Kier alpha value is -1.55. The van der Waals surface area contributed by atoms with Gasteiger partial charge in [-0.05, 0) is 32.4 Å². The number of amides is 1. The second kappa shape index (κ2) is 5.44. The molecule has 0 spiro atoms. The number of primary amides is 1. The van der Waals surface area contributed by atoms with Crippen LogP contribution in [-0.2, 0) is 17.8 Å². The van der Waals surface area contributed by atoms with Crippen LogP contribution in [0, 0.1) is 12.3 Å². The van der Waals surface area contributed by atoms with E-state index in [1.54, 1.807) is 0 Å². The number of hydrogen-bond donors (Lipinski definition) is 1. The molecule has 2 rings (SSSR count). The fourth-order valence-corrected chi connectivity index (χ4v) is 2.43. The normalized spacial score (nSPS) is 12.0. The van der Waals surface area contributed by atoms with Crippen molar-refractivity contribution in [1.29, 1.82) is 0 Å². The molecular formula is C15H20ClN3O. The minimum atomic E-state index is -0.627. The Bertz CT molecular complexity index is 646. The third-order valence-corrected chi connectivity index (χ3v) is 3.79. The van der Waals surface area contributed by atoms with Gasteiger partial charge in [-0.15, -0.1) is 11.6 Å². The van der Waals surface area contributed by atoms with E-state index in [1.807, 2.05) is 39.0 Å². The lowest BCUT2D eigenvalue weighted by Gasteiger charge is -2.22. The number of hydrogen-bond acceptors (Lipinski definition) is 2. The van der Waals surface area contributed by atoms with Crippen molar-refractivity contribution in [2.24, 2.45) is 11.1 Å². The number of aryl methyl sites for hydroxylation is 2. The highest BCUT2D eigenvalue weighted by atomic mass is 35.5. The molecule has 108 valence electrons. The lowest BCUT2D eigenvalue weighted by atomic mass is 9.92. The maximum absolute atomic E-state index is 11.6. The van der Waals surface area contributed by atoms with Crippen molar-refractivity contribution in [2.45, 2.75) is 33.7 Å². The van der Waals surface area contributed by atoms with Gasteiger partial charge < -0.3 is 10.3 Å². The van der Waals surface area contributed by atoms with Crippen molar-refractivity contribution in [3.63, 3.8) is 0 Å². The smallest absolute Gasteiger partial charge is 0.224 e. The Kier molecular flexibility index (Phi) is 4.04. The van der Waals surface area contributed by atoms with Crippen LogP contribution < -0.4 is 5.73 Å². The van der Waals surface area contributed by atoms with Gasteiger partial charge in [-0.25, -0.2) is 4.98 Å². The molecule has 0 bridgehead atoms. The highest BCUT2D eigenvalue weighted by Gasteiger charge is 2.27. The quantitative estimate of drug-likeness (QED) is 0.862. The SMILES string of the molecule is Cc1cccc2c1nc(CCCl)n2CC(C)(C)C(N)=O. The van der Waals surface area contributed by atoms with Crippen LogP contribution in [0.15, 0.2) is 18.2 Å². The van der Waals surface area contributed by atoms with E-state index < -0.39 is 5.41 Å². The maximum Gasteiger partial charge on any atom is 0.224 e. The highest BCUT2D eigenvalue weighted by Crippen LogP contribution is 2.25. The number of alkyl halides is 1. The Labute approximate surface area is 123 Å². The molecule has 0 aliphatic carbocycles. The molecule has 2 N–H and O–H groups in total. The number of nitrogens with zero attached hydrogens (tertiary/aromatic N) is 2. The first-order valence-corrected chi connectivity index (χ1v) is 7.21. The van der Waals surface area contributed by atoms with Crippen LogP contribution in [0.5, 0.6) is 0 Å². The third-order valence-electron chi connectivity index (χ3n) is 3.60. The summed E-state index contributed by atoms with van der Waals surface area (Å²) < 4.78 is 2.06. The number of aromatic nitrogens is 2. The van der Waals surface area contributed by atoms with Crippen LogP contribution in [0.4, 0.5) is 0 Å². The highest BCUT2D eigenvalue weighted by molar-refractivity contribution is 6.17. The molecule has 20 heavy (non-hydrogen) atoms. The average molecular weight is 294 g/mol. The van der Waals surface area contributed by atoms with E-state index in [-0.39, 0.29) is 5.91 Å². The summed E-state index contributed by atoms with van der Waals surface area (Å²) in [4.78, 5) is 16.3. The van der Waals surface area contributed by atoms with Gasteiger partial charge in [-0.3, -0.25) is 4.79 Å². The molecule has 4 nitrogen and oxygen atoms in total. The van der Waals surface area contributed by atoms with Crippen LogP contribution >= 0.6 is 11.6 Å². The molecule has 0 fully saturated rings. The molecule has 0 radical (unpaired) electrons. The Morgan fingerprint density at radius 2 is 2.15 bits per heavy atom. The molecule has 1 aromatic carbocycles. The summed E-state index contributed by atoms with van der Waals surface area (Å²) in [5, 5.41) is 0. The summed E-state index contributed by atoms with van der Waals surface area (Å²) in [6, 6.07) is 6.05. The molecule has 0 atom stereocenters. The van der Waals surface area contributed by atoms with Crippen LogP contribution in [-0.4, -0.2) is 21.3 Å². The number of fused-ring (bicyclic) bond motifs is 1. The van der Waals surface area contributed by atoms with Crippen LogP contribution in [0.2, 0.25) is 0 Å². The molecule has 1 aromatic heterocycles. The molecule has 0 unspecified atom stereocenters. The first-order chi connectivity index (χ1) is 9.36. The summed E-state index contributed by atoms with van der Waals surface area (Å²) in [5.41, 5.74) is 7.97. The molecular weight excluding hydrogens is 274 g/mol. The van der Waals surface area contributed by atoms with Crippen molar-refractivity contribution in [1.82, 2.24) is 9.55 Å². The second-order valence-electron chi connectivity index (χ2n) is 5.74. The number of rotatable bonds is 5. The van der Waals surface area contributed by atoms with Crippen molar-refractivity contribution in [3.8, 4) is 0 Å².